The Morgan fingerprint density at radius 1 is 0.872 bits per heavy atom. The van der Waals surface area contributed by atoms with Crippen molar-refractivity contribution in [1.82, 2.24) is 0 Å². The van der Waals surface area contributed by atoms with E-state index in [1.807, 2.05) is 43.3 Å². The Kier molecular flexibility index (Phi) is 8.97. The molecule has 47 heavy (non-hydrogen) atoms. The van der Waals surface area contributed by atoms with Crippen molar-refractivity contribution < 1.29 is 43.8 Å². The van der Waals surface area contributed by atoms with Gasteiger partial charge in [-0.05, 0) is 61.4 Å². The van der Waals surface area contributed by atoms with Crippen molar-refractivity contribution in [2.45, 2.75) is 51.2 Å². The summed E-state index contributed by atoms with van der Waals surface area (Å²) < 4.78 is 23.4. The average molecular weight is 640 g/mol. The number of hydrogen-bond acceptors (Lipinski definition) is 10. The van der Waals surface area contributed by atoms with Gasteiger partial charge in [-0.25, -0.2) is 0 Å². The second-order valence-electron chi connectivity index (χ2n) is 11.4. The minimum Gasteiger partial charge on any atom is -0.507 e. The summed E-state index contributed by atoms with van der Waals surface area (Å²) in [5, 5.41) is 45.3. The minimum atomic E-state index is -1.81. The fourth-order valence-electron chi connectivity index (χ4n) is 5.32. The number of fused-ring (bicyclic) bond motifs is 1. The highest BCUT2D eigenvalue weighted by Crippen LogP contribution is 2.37. The molecule has 5 atom stereocenters. The molecule has 0 saturated carbocycles. The first-order valence-corrected chi connectivity index (χ1v) is 14.9. The molecule has 0 spiro atoms. The Labute approximate surface area is 269 Å². The fourth-order valence-corrected chi connectivity index (χ4v) is 5.32. The van der Waals surface area contributed by atoms with E-state index in [9.17, 15) is 30.0 Å². The third-order valence-electron chi connectivity index (χ3n) is 7.94. The van der Waals surface area contributed by atoms with Crippen LogP contribution in [0.15, 0.2) is 100 Å². The average Bonchev–Trinajstić information content (AvgIpc) is 3.06. The lowest BCUT2D eigenvalue weighted by molar-refractivity contribution is -0.265. The minimum absolute atomic E-state index is 0.0189. The van der Waals surface area contributed by atoms with E-state index in [2.05, 4.69) is 5.32 Å². The molecular weight excluding hydrogens is 606 g/mol. The van der Waals surface area contributed by atoms with Gasteiger partial charge in [-0.1, -0.05) is 42.5 Å². The molecule has 6 rings (SSSR count). The first-order valence-electron chi connectivity index (χ1n) is 14.9. The molecule has 1 aliphatic heterocycles. The van der Waals surface area contributed by atoms with Crippen LogP contribution in [0, 0.1) is 13.8 Å². The maximum atomic E-state index is 13.1. The molecule has 11 nitrogen and oxygen atoms in total. The number of aliphatic hydroxyl groups excluding tert-OH is 3. The first-order chi connectivity index (χ1) is 22.6. The zero-order valence-corrected chi connectivity index (χ0v) is 25.5. The largest absolute Gasteiger partial charge is 0.507 e. The molecule has 1 fully saturated rings. The van der Waals surface area contributed by atoms with Crippen molar-refractivity contribution >= 4 is 22.6 Å². The molecule has 5 N–H and O–H groups in total. The molecule has 5 unspecified atom stereocenters. The van der Waals surface area contributed by atoms with E-state index in [0.29, 0.717) is 23.6 Å². The number of ether oxygens (including phenoxy) is 3. The van der Waals surface area contributed by atoms with Gasteiger partial charge in [0, 0.05) is 28.9 Å². The highest BCUT2D eigenvalue weighted by molar-refractivity contribution is 5.95. The fraction of sp³-hybridized carbons (Fsp3) is 0.222. The van der Waals surface area contributed by atoms with Crippen LogP contribution in [0.4, 0.5) is 5.69 Å². The second kappa shape index (κ2) is 13.3. The van der Waals surface area contributed by atoms with Crippen LogP contribution in [0.1, 0.15) is 16.7 Å². The van der Waals surface area contributed by atoms with Gasteiger partial charge in [0.25, 0.3) is 5.91 Å². The molecule has 1 aromatic heterocycles. The van der Waals surface area contributed by atoms with Gasteiger partial charge in [0.1, 0.15) is 58.9 Å². The molecule has 2 heterocycles. The smallest absolute Gasteiger partial charge is 0.256 e. The molecule has 4 aromatic carbocycles. The number of benzene rings is 4. The van der Waals surface area contributed by atoms with E-state index >= 15 is 0 Å². The number of hydrogen-bond donors (Lipinski definition) is 5. The third kappa shape index (κ3) is 6.69. The van der Waals surface area contributed by atoms with E-state index in [4.69, 9.17) is 18.6 Å². The molecule has 1 saturated heterocycles. The Balaban J connectivity index is 1.24. The van der Waals surface area contributed by atoms with Crippen molar-refractivity contribution in [3.63, 3.8) is 0 Å². The SMILES string of the molecule is Cc1cccc(NC(=O)C2OC(Oc3cc4oc(-c5ccc(OCc6ccccc6)cc5)cc(=O)c4c(O)c3C)C(O)C(O)C2O)c1. The number of aromatic hydroxyl groups is 1. The predicted octanol–water partition coefficient (Wildman–Crippen LogP) is 4.19. The lowest BCUT2D eigenvalue weighted by Crippen LogP contribution is -2.62. The second-order valence-corrected chi connectivity index (χ2v) is 11.4. The van der Waals surface area contributed by atoms with Crippen molar-refractivity contribution in [3.05, 3.63) is 118 Å². The molecule has 0 bridgehead atoms. The Hall–Kier alpha value is -5.20. The number of aliphatic hydroxyl groups is 3. The van der Waals surface area contributed by atoms with E-state index in [1.165, 1.54) is 19.1 Å². The summed E-state index contributed by atoms with van der Waals surface area (Å²) in [6, 6.07) is 26.2. The predicted molar refractivity (Wildman–Crippen MR) is 172 cm³/mol. The Morgan fingerprint density at radius 2 is 1.62 bits per heavy atom. The monoisotopic (exact) mass is 639 g/mol. The van der Waals surface area contributed by atoms with Gasteiger partial charge < -0.3 is 44.4 Å². The molecular formula is C36H33NO10. The van der Waals surface area contributed by atoms with Gasteiger partial charge in [0.15, 0.2) is 11.5 Å². The van der Waals surface area contributed by atoms with Gasteiger partial charge in [-0.2, -0.15) is 0 Å². The summed E-state index contributed by atoms with van der Waals surface area (Å²) in [5.41, 5.74) is 2.52. The highest BCUT2D eigenvalue weighted by atomic mass is 16.7. The van der Waals surface area contributed by atoms with Crippen LogP contribution in [0.3, 0.4) is 0 Å². The van der Waals surface area contributed by atoms with Crippen LogP contribution in [0.5, 0.6) is 17.2 Å². The lowest BCUT2D eigenvalue weighted by Gasteiger charge is -2.39. The number of carbonyl (C=O) groups is 1. The lowest BCUT2D eigenvalue weighted by atomic mass is 9.98. The Bertz CT molecular complexity index is 1960. The number of carbonyl (C=O) groups excluding carboxylic acids is 1. The first kappa shape index (κ1) is 31.8. The topological polar surface area (TPSA) is 168 Å². The Morgan fingerprint density at radius 3 is 2.34 bits per heavy atom. The van der Waals surface area contributed by atoms with Crippen LogP contribution in [-0.4, -0.2) is 57.0 Å². The summed E-state index contributed by atoms with van der Waals surface area (Å²) in [6.45, 7) is 3.71. The number of anilines is 1. The number of aryl methyl sites for hydroxylation is 1. The molecule has 1 amide bonds. The van der Waals surface area contributed by atoms with Crippen LogP contribution in [0.2, 0.25) is 0 Å². The molecule has 5 aromatic rings. The number of phenols is 1. The molecule has 0 radical (unpaired) electrons. The van der Waals surface area contributed by atoms with Gasteiger partial charge in [0.05, 0.1) is 0 Å². The van der Waals surface area contributed by atoms with Crippen LogP contribution >= 0.6 is 0 Å². The normalized spacial score (nSPS) is 20.9. The molecule has 11 heteroatoms. The number of rotatable bonds is 8. The zero-order valence-electron chi connectivity index (χ0n) is 25.5. The maximum absolute atomic E-state index is 13.1. The highest BCUT2D eigenvalue weighted by Gasteiger charge is 2.48. The maximum Gasteiger partial charge on any atom is 0.256 e. The summed E-state index contributed by atoms with van der Waals surface area (Å²) in [6.07, 6.45) is -8.60. The van der Waals surface area contributed by atoms with Crippen molar-refractivity contribution in [2.75, 3.05) is 5.32 Å². The number of phenolic OH excluding ortho intramolecular Hbond substituents is 1. The summed E-state index contributed by atoms with van der Waals surface area (Å²) in [4.78, 5) is 26.2. The van der Waals surface area contributed by atoms with Crippen LogP contribution in [0.25, 0.3) is 22.3 Å². The van der Waals surface area contributed by atoms with Crippen molar-refractivity contribution in [3.8, 4) is 28.6 Å². The molecule has 242 valence electrons. The van der Waals surface area contributed by atoms with E-state index < -0.39 is 47.8 Å². The van der Waals surface area contributed by atoms with Gasteiger partial charge in [0.2, 0.25) is 6.29 Å². The van der Waals surface area contributed by atoms with Crippen molar-refractivity contribution in [1.29, 1.82) is 0 Å². The van der Waals surface area contributed by atoms with Gasteiger partial charge in [-0.15, -0.1) is 0 Å². The standard InChI is InChI=1S/C36H33NO10/c1-19-7-6-10-23(15-19)37-35(43)34-32(41)31(40)33(42)36(47-34)46-26-17-28-29(30(39)20(26)2)25(38)16-27(45-28)22-11-13-24(14-12-22)44-18-21-8-4-3-5-9-21/h3-17,31-34,36,39-42H,18H2,1-2H3,(H,37,43). The summed E-state index contributed by atoms with van der Waals surface area (Å²) in [7, 11) is 0. The van der Waals surface area contributed by atoms with Crippen molar-refractivity contribution in [2.24, 2.45) is 0 Å². The quantitative estimate of drug-likeness (QED) is 0.166. The van der Waals surface area contributed by atoms with Gasteiger partial charge >= 0.3 is 0 Å². The third-order valence-corrected chi connectivity index (χ3v) is 7.94. The number of nitrogens with one attached hydrogen (secondary N) is 1. The van der Waals surface area contributed by atoms with E-state index in [0.717, 1.165) is 11.1 Å². The zero-order chi connectivity index (χ0) is 33.2. The van der Waals surface area contributed by atoms with Crippen LogP contribution < -0.4 is 20.2 Å². The van der Waals surface area contributed by atoms with E-state index in [-0.39, 0.29) is 28.0 Å². The summed E-state index contributed by atoms with van der Waals surface area (Å²) in [5.74, 6) is -0.402. The van der Waals surface area contributed by atoms with Gasteiger partial charge in [-0.3, -0.25) is 9.59 Å². The van der Waals surface area contributed by atoms with E-state index in [1.54, 1.807) is 42.5 Å². The summed E-state index contributed by atoms with van der Waals surface area (Å²) >= 11 is 0. The number of amides is 1. The van der Waals surface area contributed by atoms with Crippen LogP contribution in [-0.2, 0) is 16.1 Å². The molecule has 0 aliphatic carbocycles. The molecule has 1 aliphatic rings.